The van der Waals surface area contributed by atoms with E-state index in [9.17, 15) is 10.0 Å². The Kier molecular flexibility index (Phi) is 4.31. The molecule has 1 amide bonds. The molecule has 0 bridgehead atoms. The molecule has 3 rings (SSSR count). The van der Waals surface area contributed by atoms with Crippen molar-refractivity contribution in [2.75, 3.05) is 5.32 Å². The highest BCUT2D eigenvalue weighted by atomic mass is 16.6. The maximum Gasteiger partial charge on any atom is 0.412 e. The zero-order valence-corrected chi connectivity index (χ0v) is 14.4. The minimum Gasteiger partial charge on any atom is -0.618 e. The van der Waals surface area contributed by atoms with Crippen LogP contribution in [0.3, 0.4) is 0 Å². The Labute approximate surface area is 146 Å². The van der Waals surface area contributed by atoms with E-state index in [-0.39, 0.29) is 0 Å². The number of hydrogen-bond donors (Lipinski definition) is 1. The van der Waals surface area contributed by atoms with Crippen molar-refractivity contribution in [2.45, 2.75) is 26.4 Å². The normalized spacial score (nSPS) is 11.3. The van der Waals surface area contributed by atoms with E-state index in [2.05, 4.69) is 5.32 Å². The lowest BCUT2D eigenvalue weighted by Crippen LogP contribution is -2.30. The summed E-state index contributed by atoms with van der Waals surface area (Å²) in [7, 11) is 0. The van der Waals surface area contributed by atoms with E-state index in [1.54, 1.807) is 45.0 Å². The lowest BCUT2D eigenvalue weighted by atomic mass is 10.1. The van der Waals surface area contributed by atoms with Gasteiger partial charge in [-0.2, -0.15) is 4.73 Å². The highest BCUT2D eigenvalue weighted by Gasteiger charge is 2.19. The molecule has 5 heteroatoms. The van der Waals surface area contributed by atoms with E-state index in [0.29, 0.717) is 22.3 Å². The summed E-state index contributed by atoms with van der Waals surface area (Å²) in [5.41, 5.74) is 1.83. The van der Waals surface area contributed by atoms with Gasteiger partial charge in [0.05, 0.1) is 11.1 Å². The average Bonchev–Trinajstić information content (AvgIpc) is 2.55. The molecule has 0 saturated carbocycles. The third kappa shape index (κ3) is 3.71. The molecular formula is C20H20N2O3. The highest BCUT2D eigenvalue weighted by Crippen LogP contribution is 2.25. The fourth-order valence-electron chi connectivity index (χ4n) is 2.61. The summed E-state index contributed by atoms with van der Waals surface area (Å²) < 4.78 is 6.16. The molecule has 128 valence electrons. The molecule has 0 radical (unpaired) electrons. The van der Waals surface area contributed by atoms with Gasteiger partial charge in [-0.3, -0.25) is 5.32 Å². The summed E-state index contributed by atoms with van der Waals surface area (Å²) >= 11 is 0. The van der Waals surface area contributed by atoms with E-state index in [0.717, 1.165) is 10.3 Å². The standard InChI is InChI=1S/C20H20N2O3/c1-20(2,3)25-19(23)21-16-10-7-11-18-15(16)12-13-17(22(18)24)14-8-5-4-6-9-14/h4-13H,1-3H3,(H,21,23). The molecule has 1 heterocycles. The largest absolute Gasteiger partial charge is 0.618 e. The molecule has 25 heavy (non-hydrogen) atoms. The maximum atomic E-state index is 12.8. The van der Waals surface area contributed by atoms with Gasteiger partial charge in [-0.15, -0.1) is 0 Å². The summed E-state index contributed by atoms with van der Waals surface area (Å²) in [6, 6.07) is 18.3. The Morgan fingerprint density at radius 1 is 1.00 bits per heavy atom. The minimum absolute atomic E-state index is 0.481. The zero-order valence-electron chi connectivity index (χ0n) is 14.4. The third-order valence-electron chi connectivity index (χ3n) is 3.63. The van der Waals surface area contributed by atoms with Crippen molar-refractivity contribution in [1.29, 1.82) is 0 Å². The number of aromatic nitrogens is 1. The fraction of sp³-hybridized carbons (Fsp3) is 0.200. The Morgan fingerprint density at radius 2 is 1.72 bits per heavy atom. The number of hydrogen-bond acceptors (Lipinski definition) is 3. The van der Waals surface area contributed by atoms with Gasteiger partial charge in [-0.1, -0.05) is 24.3 Å². The van der Waals surface area contributed by atoms with Crippen molar-refractivity contribution in [3.63, 3.8) is 0 Å². The second kappa shape index (κ2) is 6.43. The molecule has 1 aromatic heterocycles. The van der Waals surface area contributed by atoms with Crippen LogP contribution in [0, 0.1) is 5.21 Å². The van der Waals surface area contributed by atoms with Gasteiger partial charge < -0.3 is 9.94 Å². The lowest BCUT2D eigenvalue weighted by Gasteiger charge is -2.20. The number of carbonyl (C=O) groups excluding carboxylic acids is 1. The van der Waals surface area contributed by atoms with Crippen molar-refractivity contribution in [3.05, 3.63) is 65.9 Å². The first-order valence-corrected chi connectivity index (χ1v) is 8.06. The SMILES string of the molecule is CC(C)(C)OC(=O)Nc1cccc2c1ccc(-c1ccccc1)[n+]2[O-]. The van der Waals surface area contributed by atoms with Gasteiger partial charge in [-0.05, 0) is 45.0 Å². The van der Waals surface area contributed by atoms with Crippen LogP contribution in [0.4, 0.5) is 10.5 Å². The van der Waals surface area contributed by atoms with Crippen molar-refractivity contribution < 1.29 is 14.3 Å². The summed E-state index contributed by atoms with van der Waals surface area (Å²) in [4.78, 5) is 12.0. The Balaban J connectivity index is 2.00. The van der Waals surface area contributed by atoms with Crippen LogP contribution in [0.1, 0.15) is 20.8 Å². The number of nitrogens with zero attached hydrogens (tertiary/aromatic N) is 1. The van der Waals surface area contributed by atoms with Gasteiger partial charge in [-0.25, -0.2) is 4.79 Å². The molecular weight excluding hydrogens is 316 g/mol. The van der Waals surface area contributed by atoms with Crippen LogP contribution in [0.5, 0.6) is 0 Å². The van der Waals surface area contributed by atoms with E-state index in [1.807, 2.05) is 36.4 Å². The fourth-order valence-corrected chi connectivity index (χ4v) is 2.61. The smallest absolute Gasteiger partial charge is 0.412 e. The molecule has 1 N–H and O–H groups in total. The number of benzene rings is 2. The van der Waals surface area contributed by atoms with Crippen LogP contribution in [0.25, 0.3) is 22.2 Å². The Bertz CT molecular complexity index is 915. The van der Waals surface area contributed by atoms with Crippen LogP contribution < -0.4 is 10.0 Å². The van der Waals surface area contributed by atoms with E-state index < -0.39 is 11.7 Å². The maximum absolute atomic E-state index is 12.8. The third-order valence-corrected chi connectivity index (χ3v) is 3.63. The van der Waals surface area contributed by atoms with Gasteiger partial charge >= 0.3 is 6.09 Å². The van der Waals surface area contributed by atoms with Crippen LogP contribution >= 0.6 is 0 Å². The molecule has 0 spiro atoms. The molecule has 0 fully saturated rings. The van der Waals surface area contributed by atoms with Crippen LogP contribution in [-0.2, 0) is 4.74 Å². The monoisotopic (exact) mass is 336 g/mol. The van der Waals surface area contributed by atoms with Gasteiger partial charge in [0.2, 0.25) is 11.2 Å². The lowest BCUT2D eigenvalue weighted by molar-refractivity contribution is -0.565. The van der Waals surface area contributed by atoms with E-state index >= 15 is 0 Å². The molecule has 0 atom stereocenters. The molecule has 2 aromatic carbocycles. The molecule has 5 nitrogen and oxygen atoms in total. The summed E-state index contributed by atoms with van der Waals surface area (Å²) in [5.74, 6) is 0. The van der Waals surface area contributed by atoms with Gasteiger partial charge in [0.1, 0.15) is 5.60 Å². The number of fused-ring (bicyclic) bond motifs is 1. The summed E-state index contributed by atoms with van der Waals surface area (Å²) in [6.45, 7) is 5.40. The predicted octanol–water partition coefficient (Wildman–Crippen LogP) is 4.49. The molecule has 0 aliphatic carbocycles. The van der Waals surface area contributed by atoms with Crippen LogP contribution in [0.2, 0.25) is 0 Å². The number of anilines is 1. The molecule has 0 aliphatic heterocycles. The van der Waals surface area contributed by atoms with Gasteiger partial charge in [0.25, 0.3) is 0 Å². The van der Waals surface area contributed by atoms with Crippen molar-refractivity contribution >= 4 is 22.7 Å². The first kappa shape index (κ1) is 16.8. The van der Waals surface area contributed by atoms with Gasteiger partial charge in [0, 0.05) is 17.7 Å². The Hall–Kier alpha value is -3.08. The van der Waals surface area contributed by atoms with Crippen molar-refractivity contribution in [2.24, 2.45) is 0 Å². The minimum atomic E-state index is -0.590. The molecule has 0 saturated heterocycles. The number of ether oxygens (including phenoxy) is 1. The zero-order chi connectivity index (χ0) is 18.0. The van der Waals surface area contributed by atoms with E-state index in [1.165, 1.54) is 0 Å². The first-order valence-electron chi connectivity index (χ1n) is 8.06. The number of nitrogens with one attached hydrogen (secondary N) is 1. The number of pyridine rings is 1. The highest BCUT2D eigenvalue weighted by molar-refractivity contribution is 5.98. The topological polar surface area (TPSA) is 65.3 Å². The van der Waals surface area contributed by atoms with Crippen LogP contribution in [0.15, 0.2) is 60.7 Å². The predicted molar refractivity (Wildman–Crippen MR) is 98.2 cm³/mol. The number of carbonyl (C=O) groups is 1. The molecule has 0 aliphatic rings. The molecule has 0 unspecified atom stereocenters. The second-order valence-electron chi connectivity index (χ2n) is 6.74. The van der Waals surface area contributed by atoms with Crippen molar-refractivity contribution in [1.82, 2.24) is 0 Å². The quantitative estimate of drug-likeness (QED) is 0.554. The molecule has 3 aromatic rings. The Morgan fingerprint density at radius 3 is 2.40 bits per heavy atom. The van der Waals surface area contributed by atoms with Crippen molar-refractivity contribution in [3.8, 4) is 11.3 Å². The summed E-state index contributed by atoms with van der Waals surface area (Å²) in [6.07, 6.45) is -0.551. The second-order valence-corrected chi connectivity index (χ2v) is 6.74. The van der Waals surface area contributed by atoms with Crippen LogP contribution in [-0.4, -0.2) is 11.7 Å². The number of rotatable bonds is 2. The summed E-state index contributed by atoms with van der Waals surface area (Å²) in [5, 5.41) is 16.1. The first-order chi connectivity index (χ1) is 11.8. The number of amides is 1. The average molecular weight is 336 g/mol. The van der Waals surface area contributed by atoms with Gasteiger partial charge in [0.15, 0.2) is 0 Å². The van der Waals surface area contributed by atoms with E-state index in [4.69, 9.17) is 4.74 Å².